The van der Waals surface area contributed by atoms with Crippen LogP contribution in [0.4, 0.5) is 24.7 Å². The molecule has 4 aromatic rings. The van der Waals surface area contributed by atoms with Crippen LogP contribution in [0.5, 0.6) is 6.01 Å². The largest absolute Gasteiger partial charge is 0.461 e. The molecule has 8 nitrogen and oxygen atoms in total. The summed E-state index contributed by atoms with van der Waals surface area (Å²) in [5, 5.41) is 4.98. The number of rotatable bonds is 9. The van der Waals surface area contributed by atoms with Crippen molar-refractivity contribution in [3.8, 4) is 29.6 Å². The van der Waals surface area contributed by atoms with E-state index >= 15 is 8.78 Å². The Labute approximate surface area is 284 Å². The Kier molecular flexibility index (Phi) is 7.87. The van der Waals surface area contributed by atoms with Gasteiger partial charge >= 0.3 is 6.01 Å². The van der Waals surface area contributed by atoms with E-state index in [4.69, 9.17) is 27.6 Å². The van der Waals surface area contributed by atoms with E-state index in [9.17, 15) is 4.39 Å². The average Bonchev–Trinajstić information content (AvgIpc) is 3.43. The molecule has 3 aliphatic heterocycles. The summed E-state index contributed by atoms with van der Waals surface area (Å²) in [4.78, 5) is 16.2. The van der Waals surface area contributed by atoms with Crippen LogP contribution in [0.2, 0.25) is 0 Å². The van der Waals surface area contributed by atoms with Gasteiger partial charge in [0.05, 0.1) is 22.2 Å². The lowest BCUT2D eigenvalue weighted by Gasteiger charge is -2.30. The number of terminal acetylenes is 1. The second-order valence-electron chi connectivity index (χ2n) is 14.7. The molecule has 1 aliphatic carbocycles. The van der Waals surface area contributed by atoms with Crippen molar-refractivity contribution in [3.05, 3.63) is 47.2 Å². The van der Waals surface area contributed by atoms with E-state index < -0.39 is 23.3 Å². The van der Waals surface area contributed by atoms with Gasteiger partial charge in [-0.3, -0.25) is 4.90 Å². The predicted molar refractivity (Wildman–Crippen MR) is 186 cm³/mol. The van der Waals surface area contributed by atoms with Crippen LogP contribution in [0.15, 0.2) is 24.3 Å². The molecular weight excluding hydrogens is 627 g/mol. The topological polar surface area (TPSA) is 115 Å². The summed E-state index contributed by atoms with van der Waals surface area (Å²) in [5.41, 5.74) is 13.5. The Bertz CT molecular complexity index is 2020. The highest BCUT2D eigenvalue weighted by Gasteiger charge is 2.52. The fraction of sp³-hybridized carbons (Fsp3) is 0.500. The smallest absolute Gasteiger partial charge is 0.319 e. The Hall–Kier alpha value is -4.14. The van der Waals surface area contributed by atoms with E-state index in [1.54, 1.807) is 18.2 Å². The molecular formula is C38H42F3N7O. The van der Waals surface area contributed by atoms with Gasteiger partial charge in [0.25, 0.3) is 0 Å². The number of anilines is 2. The van der Waals surface area contributed by atoms with Crippen molar-refractivity contribution >= 4 is 33.2 Å². The van der Waals surface area contributed by atoms with Crippen molar-refractivity contribution in [3.63, 3.8) is 0 Å². The summed E-state index contributed by atoms with van der Waals surface area (Å²) in [5.74, 6) is 2.25. The number of aromatic nitrogens is 3. The Balaban J connectivity index is 1.25. The summed E-state index contributed by atoms with van der Waals surface area (Å²) in [6.07, 6.45) is 11.0. The molecule has 2 aromatic carbocycles. The van der Waals surface area contributed by atoms with Gasteiger partial charge in [0.15, 0.2) is 5.82 Å². The fourth-order valence-electron chi connectivity index (χ4n) is 9.24. The van der Waals surface area contributed by atoms with Crippen LogP contribution in [-0.4, -0.2) is 63.3 Å². The lowest BCUT2D eigenvalue weighted by Crippen LogP contribution is -2.43. The first-order chi connectivity index (χ1) is 23.6. The number of ether oxygens (including phenoxy) is 1. The van der Waals surface area contributed by atoms with Gasteiger partial charge < -0.3 is 21.5 Å². The van der Waals surface area contributed by atoms with Gasteiger partial charge in [-0.05, 0) is 86.4 Å². The lowest BCUT2D eigenvalue weighted by atomic mass is 9.86. The molecule has 2 aromatic heterocycles. The third-order valence-corrected chi connectivity index (χ3v) is 11.7. The van der Waals surface area contributed by atoms with E-state index in [1.165, 1.54) is 12.5 Å². The van der Waals surface area contributed by atoms with Crippen LogP contribution in [0.1, 0.15) is 76.0 Å². The zero-order valence-electron chi connectivity index (χ0n) is 27.9. The molecule has 5 heterocycles. The number of hydrogen-bond acceptors (Lipinski definition) is 8. The minimum Gasteiger partial charge on any atom is -0.461 e. The van der Waals surface area contributed by atoms with Gasteiger partial charge in [-0.2, -0.15) is 9.97 Å². The first-order valence-electron chi connectivity index (χ1n) is 17.5. The van der Waals surface area contributed by atoms with Gasteiger partial charge in [-0.25, -0.2) is 18.2 Å². The predicted octanol–water partition coefficient (Wildman–Crippen LogP) is 6.49. The van der Waals surface area contributed by atoms with E-state index in [-0.39, 0.29) is 46.7 Å². The van der Waals surface area contributed by atoms with Crippen LogP contribution < -0.4 is 21.5 Å². The van der Waals surface area contributed by atoms with Gasteiger partial charge in [0.1, 0.15) is 35.6 Å². The molecule has 0 spiro atoms. The van der Waals surface area contributed by atoms with E-state index in [0.717, 1.165) is 38.6 Å². The standard InChI is InChI=1S/C38H42F3N7O/c1-4-23-27(40)10-8-20-13-22(42)14-26(30(20)23)34-32(41)35-31(33(45-34)19(3)7-9-24-25-15-29(25)44-28(24)5-2)36(43)47-37(46-35)49-18-38-11-6-12-48(38)17-21(39)16-38/h1,8,10,13-14,19,21,24-25,28-29,44H,5-7,9,11-12,15-18,42H2,2-3H3,(H2,43,46,47)/t19-,21-,24-,25?,28+,29+,38+/m1/s1. The minimum absolute atomic E-state index is 0.00366. The molecule has 1 saturated carbocycles. The molecule has 3 saturated heterocycles. The van der Waals surface area contributed by atoms with Crippen LogP contribution in [-0.2, 0) is 0 Å². The fourth-order valence-corrected chi connectivity index (χ4v) is 9.24. The van der Waals surface area contributed by atoms with E-state index in [0.29, 0.717) is 64.4 Å². The maximum absolute atomic E-state index is 17.0. The number of pyridine rings is 1. The number of nitrogens with zero attached hydrogens (tertiary/aromatic N) is 4. The molecule has 4 fully saturated rings. The number of nitrogens with two attached hydrogens (primary N) is 2. The minimum atomic E-state index is -0.925. The number of halogens is 3. The molecule has 1 unspecified atom stereocenters. The maximum atomic E-state index is 17.0. The molecule has 0 bridgehead atoms. The summed E-state index contributed by atoms with van der Waals surface area (Å²) in [6, 6.07) is 7.11. The van der Waals surface area contributed by atoms with Crippen molar-refractivity contribution in [2.75, 3.05) is 31.2 Å². The molecule has 256 valence electrons. The van der Waals surface area contributed by atoms with Crippen LogP contribution in [0.3, 0.4) is 0 Å². The highest BCUT2D eigenvalue weighted by atomic mass is 19.1. The third-order valence-electron chi connectivity index (χ3n) is 11.7. The monoisotopic (exact) mass is 669 g/mol. The summed E-state index contributed by atoms with van der Waals surface area (Å²) < 4.78 is 52.7. The highest BCUT2D eigenvalue weighted by Crippen LogP contribution is 2.49. The van der Waals surface area contributed by atoms with Crippen LogP contribution in [0, 0.1) is 35.8 Å². The number of fused-ring (bicyclic) bond motifs is 4. The molecule has 7 atom stereocenters. The number of nitrogen functional groups attached to an aromatic ring is 2. The molecule has 0 amide bonds. The third kappa shape index (κ3) is 5.35. The second-order valence-corrected chi connectivity index (χ2v) is 14.7. The SMILES string of the molecule is C#Cc1c(F)ccc2cc(N)cc(-c3nc([C@H](C)CC[C@@H]4C5C[C@@H]5N[C@H]4CC)c4c(N)nc(OC[C@@]56CCCN5C[C@H](F)C6)nc4c3F)c12. The van der Waals surface area contributed by atoms with Crippen LogP contribution >= 0.6 is 0 Å². The van der Waals surface area contributed by atoms with Gasteiger partial charge in [0.2, 0.25) is 0 Å². The number of piperidine rings is 1. The Morgan fingerprint density at radius 1 is 1.18 bits per heavy atom. The van der Waals surface area contributed by atoms with Crippen molar-refractivity contribution < 1.29 is 17.9 Å². The zero-order chi connectivity index (χ0) is 34.2. The summed E-state index contributed by atoms with van der Waals surface area (Å²) in [7, 11) is 0. The number of nitrogens with one attached hydrogen (secondary N) is 1. The highest BCUT2D eigenvalue weighted by molar-refractivity contribution is 6.04. The maximum Gasteiger partial charge on any atom is 0.319 e. The quantitative estimate of drug-likeness (QED) is 0.137. The first kappa shape index (κ1) is 32.1. The number of benzene rings is 2. The van der Waals surface area contributed by atoms with E-state index in [2.05, 4.69) is 40.0 Å². The molecule has 11 heteroatoms. The molecule has 5 N–H and O–H groups in total. The van der Waals surface area contributed by atoms with E-state index in [1.807, 2.05) is 0 Å². The Morgan fingerprint density at radius 2 is 2.02 bits per heavy atom. The molecule has 49 heavy (non-hydrogen) atoms. The summed E-state index contributed by atoms with van der Waals surface area (Å²) in [6.45, 7) is 5.63. The molecule has 8 rings (SSSR count). The first-order valence-corrected chi connectivity index (χ1v) is 17.5. The van der Waals surface area contributed by atoms with Crippen molar-refractivity contribution in [1.82, 2.24) is 25.2 Å². The Morgan fingerprint density at radius 3 is 2.82 bits per heavy atom. The van der Waals surface area contributed by atoms with Crippen molar-refractivity contribution in [2.24, 2.45) is 11.8 Å². The summed E-state index contributed by atoms with van der Waals surface area (Å²) >= 11 is 0. The molecule has 4 aliphatic rings. The molecule has 0 radical (unpaired) electrons. The average molecular weight is 670 g/mol. The van der Waals surface area contributed by atoms with Crippen molar-refractivity contribution in [2.45, 2.75) is 88.5 Å². The normalized spacial score (nSPS) is 28.1. The lowest BCUT2D eigenvalue weighted by molar-refractivity contribution is 0.107. The number of alkyl halides is 1. The van der Waals surface area contributed by atoms with Gasteiger partial charge in [-0.15, -0.1) is 6.42 Å². The second kappa shape index (κ2) is 12.0. The van der Waals surface area contributed by atoms with Gasteiger partial charge in [-0.1, -0.05) is 25.8 Å². The number of hydrogen-bond donors (Lipinski definition) is 3. The van der Waals surface area contributed by atoms with Crippen molar-refractivity contribution in [1.29, 1.82) is 0 Å². The zero-order valence-corrected chi connectivity index (χ0v) is 27.9. The van der Waals surface area contributed by atoms with Gasteiger partial charge in [0, 0.05) is 41.7 Å². The van der Waals surface area contributed by atoms with Crippen LogP contribution in [0.25, 0.3) is 32.9 Å².